The molecule has 0 bridgehead atoms. The van der Waals surface area contributed by atoms with Crippen molar-refractivity contribution >= 4 is 17.0 Å². The topological polar surface area (TPSA) is 160 Å². The molecule has 3 rings (SSSR count). The van der Waals surface area contributed by atoms with Gasteiger partial charge in [0.05, 0.1) is 12.9 Å². The van der Waals surface area contributed by atoms with Gasteiger partial charge in [-0.1, -0.05) is 5.92 Å². The van der Waals surface area contributed by atoms with Gasteiger partial charge in [0.15, 0.2) is 17.7 Å². The molecule has 0 saturated carbocycles. The zero-order chi connectivity index (χ0) is 18.4. The minimum atomic E-state index is -1.28. The van der Waals surface area contributed by atoms with E-state index in [0.29, 0.717) is 0 Å². The number of aliphatic hydroxyl groups excluding tert-OH is 3. The highest BCUT2D eigenvalue weighted by atomic mass is 16.6. The first kappa shape index (κ1) is 17.5. The van der Waals surface area contributed by atoms with Crippen LogP contribution in [0.1, 0.15) is 25.9 Å². The van der Waals surface area contributed by atoms with Crippen molar-refractivity contribution in [3.63, 3.8) is 0 Å². The van der Waals surface area contributed by atoms with Crippen LogP contribution >= 0.6 is 0 Å². The molecule has 0 unspecified atom stereocenters. The minimum absolute atomic E-state index is 0.0700. The van der Waals surface area contributed by atoms with Gasteiger partial charge >= 0.3 is 0 Å². The van der Waals surface area contributed by atoms with Gasteiger partial charge in [-0.2, -0.15) is 0 Å². The van der Waals surface area contributed by atoms with Gasteiger partial charge in [0.25, 0.3) is 0 Å². The maximum atomic E-state index is 10.2. The number of nitrogens with two attached hydrogens (primary N) is 1. The van der Waals surface area contributed by atoms with Crippen molar-refractivity contribution in [3.8, 4) is 11.8 Å². The quantitative estimate of drug-likeness (QED) is 0.392. The Morgan fingerprint density at radius 1 is 1.32 bits per heavy atom. The Kier molecular flexibility index (Phi) is 4.36. The monoisotopic (exact) mass is 349 g/mol. The summed E-state index contributed by atoms with van der Waals surface area (Å²) < 4.78 is 6.87. The van der Waals surface area contributed by atoms with Gasteiger partial charge in [-0.05, 0) is 19.8 Å². The third-order valence-electron chi connectivity index (χ3n) is 3.72. The Hall–Kier alpha value is -2.29. The van der Waals surface area contributed by atoms with Crippen LogP contribution in [0, 0.1) is 11.8 Å². The second-order valence-corrected chi connectivity index (χ2v) is 6.29. The summed E-state index contributed by atoms with van der Waals surface area (Å²) in [6, 6.07) is 0. The molecule has 0 spiro atoms. The maximum absolute atomic E-state index is 10.2. The molecule has 0 amide bonds. The highest BCUT2D eigenvalue weighted by Crippen LogP contribution is 2.31. The van der Waals surface area contributed by atoms with E-state index in [0.717, 1.165) is 0 Å². The number of nitrogens with zero attached hydrogens (tertiary/aromatic N) is 4. The fourth-order valence-corrected chi connectivity index (χ4v) is 2.50. The molecule has 10 heteroatoms. The first-order valence-electron chi connectivity index (χ1n) is 7.59. The molecule has 134 valence electrons. The zero-order valence-corrected chi connectivity index (χ0v) is 13.7. The number of nitrogen functional groups attached to an aromatic ring is 1. The first-order valence-corrected chi connectivity index (χ1v) is 7.59. The molecule has 25 heavy (non-hydrogen) atoms. The Labute approximate surface area is 142 Å². The van der Waals surface area contributed by atoms with Crippen molar-refractivity contribution in [2.45, 2.75) is 44.0 Å². The number of ether oxygens (including phenoxy) is 1. The van der Waals surface area contributed by atoms with E-state index in [1.165, 1.54) is 24.7 Å². The van der Waals surface area contributed by atoms with Gasteiger partial charge in [0.2, 0.25) is 5.82 Å². The predicted molar refractivity (Wildman–Crippen MR) is 85.9 cm³/mol. The molecule has 4 atom stereocenters. The summed E-state index contributed by atoms with van der Waals surface area (Å²) in [5.74, 6) is 5.36. The van der Waals surface area contributed by atoms with Crippen molar-refractivity contribution in [2.24, 2.45) is 0 Å². The summed E-state index contributed by atoms with van der Waals surface area (Å²) in [7, 11) is 0. The van der Waals surface area contributed by atoms with Crippen LogP contribution in [0.15, 0.2) is 6.33 Å². The van der Waals surface area contributed by atoms with Gasteiger partial charge in [0.1, 0.15) is 29.4 Å². The summed E-state index contributed by atoms with van der Waals surface area (Å²) in [5.41, 5.74) is 5.18. The fourth-order valence-electron chi connectivity index (χ4n) is 2.50. The molecule has 2 aromatic rings. The van der Waals surface area contributed by atoms with Crippen LogP contribution in [-0.2, 0) is 4.74 Å². The lowest BCUT2D eigenvalue weighted by atomic mass is 10.1. The van der Waals surface area contributed by atoms with Gasteiger partial charge in [0, 0.05) is 0 Å². The average molecular weight is 349 g/mol. The van der Waals surface area contributed by atoms with E-state index in [4.69, 9.17) is 10.5 Å². The summed E-state index contributed by atoms with van der Waals surface area (Å²) in [4.78, 5) is 12.4. The molecular formula is C15H19N5O5. The highest BCUT2D eigenvalue weighted by molar-refractivity contribution is 5.82. The summed E-state index contributed by atoms with van der Waals surface area (Å²) in [5, 5.41) is 39.0. The van der Waals surface area contributed by atoms with Gasteiger partial charge < -0.3 is 30.9 Å². The van der Waals surface area contributed by atoms with Gasteiger partial charge in [-0.25, -0.2) is 15.0 Å². The Morgan fingerprint density at radius 3 is 2.64 bits per heavy atom. The SMILES string of the molecule is CC(C)(O)C#Cc1nc(N)c2ncn([C@@H]3O[C@H](CO)[C@@H](O)[C@H]3O)c2n1. The maximum Gasteiger partial charge on any atom is 0.209 e. The van der Waals surface area contributed by atoms with Crippen molar-refractivity contribution < 1.29 is 25.2 Å². The Morgan fingerprint density at radius 2 is 2.04 bits per heavy atom. The molecule has 2 aromatic heterocycles. The summed E-state index contributed by atoms with van der Waals surface area (Å²) in [6.45, 7) is 2.59. The zero-order valence-electron chi connectivity index (χ0n) is 13.7. The van der Waals surface area contributed by atoms with Crippen LogP contribution < -0.4 is 5.73 Å². The molecule has 3 heterocycles. The van der Waals surface area contributed by atoms with Crippen LogP contribution in [0.2, 0.25) is 0 Å². The molecular weight excluding hydrogens is 330 g/mol. The van der Waals surface area contributed by atoms with E-state index < -0.39 is 36.7 Å². The lowest BCUT2D eigenvalue weighted by molar-refractivity contribution is -0.0511. The summed E-state index contributed by atoms with van der Waals surface area (Å²) in [6.07, 6.45) is -3.10. The smallest absolute Gasteiger partial charge is 0.209 e. The molecule has 10 nitrogen and oxygen atoms in total. The molecule has 0 radical (unpaired) electrons. The van der Waals surface area contributed by atoms with E-state index in [-0.39, 0.29) is 22.8 Å². The number of rotatable bonds is 2. The number of anilines is 1. The average Bonchev–Trinajstić information content (AvgIpc) is 3.07. The van der Waals surface area contributed by atoms with Crippen molar-refractivity contribution in [1.82, 2.24) is 19.5 Å². The van der Waals surface area contributed by atoms with Gasteiger partial charge in [-0.3, -0.25) is 4.57 Å². The molecule has 1 aliphatic rings. The predicted octanol–water partition coefficient (Wildman–Crippen LogP) is -1.86. The van der Waals surface area contributed by atoms with Crippen molar-refractivity contribution in [3.05, 3.63) is 12.2 Å². The standard InChI is InChI=1S/C15H19N5O5/c1-15(2,24)4-3-8-18-12(16)9-13(19-8)20(6-17-9)14-11(23)10(22)7(5-21)25-14/h6-7,10-11,14,21-24H,5H2,1-2H3,(H2,16,18,19)/t7-,10-,11-,14-/m1/s1. The third kappa shape index (κ3) is 3.28. The molecule has 1 saturated heterocycles. The molecule has 1 aliphatic heterocycles. The fraction of sp³-hybridized carbons (Fsp3) is 0.533. The number of imidazole rings is 1. The van der Waals surface area contributed by atoms with E-state index in [9.17, 15) is 20.4 Å². The van der Waals surface area contributed by atoms with Gasteiger partial charge in [-0.15, -0.1) is 0 Å². The highest BCUT2D eigenvalue weighted by Gasteiger charge is 2.44. The number of aliphatic hydroxyl groups is 4. The second kappa shape index (κ2) is 6.21. The lowest BCUT2D eigenvalue weighted by Gasteiger charge is -2.16. The molecule has 0 aliphatic carbocycles. The van der Waals surface area contributed by atoms with Crippen LogP contribution in [0.4, 0.5) is 5.82 Å². The Bertz CT molecular complexity index is 850. The van der Waals surface area contributed by atoms with Crippen molar-refractivity contribution in [1.29, 1.82) is 0 Å². The normalized spacial score (nSPS) is 26.6. The van der Waals surface area contributed by atoms with E-state index in [2.05, 4.69) is 26.8 Å². The van der Waals surface area contributed by atoms with Crippen molar-refractivity contribution in [2.75, 3.05) is 12.3 Å². The molecule has 1 fully saturated rings. The van der Waals surface area contributed by atoms with Crippen LogP contribution in [0.25, 0.3) is 11.2 Å². The Balaban J connectivity index is 2.05. The first-order chi connectivity index (χ1) is 11.7. The van der Waals surface area contributed by atoms with E-state index in [1.54, 1.807) is 0 Å². The lowest BCUT2D eigenvalue weighted by Crippen LogP contribution is -2.33. The molecule has 6 N–H and O–H groups in total. The third-order valence-corrected chi connectivity index (χ3v) is 3.72. The number of hydrogen-bond donors (Lipinski definition) is 5. The van der Waals surface area contributed by atoms with E-state index >= 15 is 0 Å². The summed E-state index contributed by atoms with van der Waals surface area (Å²) >= 11 is 0. The number of hydrogen-bond acceptors (Lipinski definition) is 9. The van der Waals surface area contributed by atoms with E-state index in [1.807, 2.05) is 0 Å². The largest absolute Gasteiger partial charge is 0.394 e. The second-order valence-electron chi connectivity index (χ2n) is 6.29. The van der Waals surface area contributed by atoms with Crippen LogP contribution in [0.3, 0.4) is 0 Å². The number of aromatic nitrogens is 4. The number of fused-ring (bicyclic) bond motifs is 1. The minimum Gasteiger partial charge on any atom is -0.394 e. The van der Waals surface area contributed by atoms with Crippen LogP contribution in [-0.4, -0.2) is 70.5 Å². The molecule has 0 aromatic carbocycles. The van der Waals surface area contributed by atoms with Crippen LogP contribution in [0.5, 0.6) is 0 Å².